The number of anilines is 1. The van der Waals surface area contributed by atoms with Crippen LogP contribution in [0.25, 0.3) is 0 Å². The fraction of sp³-hybridized carbons (Fsp3) is 0.375. The molecule has 1 aromatic heterocycles. The molecule has 2 N–H and O–H groups in total. The van der Waals surface area contributed by atoms with Crippen LogP contribution in [0.15, 0.2) is 24.3 Å². The van der Waals surface area contributed by atoms with Crippen LogP contribution in [0.4, 0.5) is 11.5 Å². The van der Waals surface area contributed by atoms with Crippen molar-refractivity contribution in [2.45, 2.75) is 26.8 Å². The fourth-order valence-electron chi connectivity index (χ4n) is 2.37. The Bertz CT molecular complexity index is 769. The summed E-state index contributed by atoms with van der Waals surface area (Å²) in [4.78, 5) is 22.6. The summed E-state index contributed by atoms with van der Waals surface area (Å²) >= 11 is 0. The Morgan fingerprint density at radius 2 is 2.08 bits per heavy atom. The van der Waals surface area contributed by atoms with E-state index in [-0.39, 0.29) is 24.2 Å². The van der Waals surface area contributed by atoms with E-state index in [1.54, 1.807) is 30.8 Å². The third kappa shape index (κ3) is 4.17. The normalized spacial score (nSPS) is 12.0. The minimum Gasteiger partial charge on any atom is -0.310 e. The van der Waals surface area contributed by atoms with Crippen LogP contribution in [0, 0.1) is 24.0 Å². The van der Waals surface area contributed by atoms with Gasteiger partial charge in [-0.25, -0.2) is 0 Å². The van der Waals surface area contributed by atoms with Crippen LogP contribution in [0.3, 0.4) is 0 Å². The van der Waals surface area contributed by atoms with Crippen molar-refractivity contribution in [3.63, 3.8) is 0 Å². The molecule has 2 aromatic rings. The van der Waals surface area contributed by atoms with Gasteiger partial charge in [-0.05, 0) is 26.3 Å². The molecular formula is C16H21N5O3. The fourth-order valence-corrected chi connectivity index (χ4v) is 2.37. The molecule has 1 atom stereocenters. The predicted molar refractivity (Wildman–Crippen MR) is 90.8 cm³/mol. The van der Waals surface area contributed by atoms with Gasteiger partial charge in [0.05, 0.1) is 17.2 Å². The Labute approximate surface area is 140 Å². The molecule has 0 spiro atoms. The highest BCUT2D eigenvalue weighted by Gasteiger charge is 2.15. The van der Waals surface area contributed by atoms with Crippen LogP contribution in [0.1, 0.15) is 29.8 Å². The monoisotopic (exact) mass is 331 g/mol. The zero-order chi connectivity index (χ0) is 17.9. The van der Waals surface area contributed by atoms with Gasteiger partial charge in [0.2, 0.25) is 5.91 Å². The van der Waals surface area contributed by atoms with Crippen molar-refractivity contribution in [3.05, 3.63) is 51.2 Å². The number of amides is 1. The highest BCUT2D eigenvalue weighted by Crippen LogP contribution is 2.23. The van der Waals surface area contributed by atoms with Crippen molar-refractivity contribution in [2.24, 2.45) is 7.05 Å². The van der Waals surface area contributed by atoms with Crippen molar-refractivity contribution in [1.82, 2.24) is 15.1 Å². The Balaban J connectivity index is 1.96. The molecule has 1 aromatic carbocycles. The minimum absolute atomic E-state index is 0.0796. The van der Waals surface area contributed by atoms with E-state index in [0.717, 1.165) is 11.3 Å². The number of nitrogens with zero attached hydrogens (tertiary/aromatic N) is 3. The van der Waals surface area contributed by atoms with Gasteiger partial charge in [0.25, 0.3) is 5.69 Å². The molecule has 0 radical (unpaired) electrons. The zero-order valence-electron chi connectivity index (χ0n) is 14.2. The Hall–Kier alpha value is -2.74. The lowest BCUT2D eigenvalue weighted by Crippen LogP contribution is -2.30. The number of hydrogen-bond acceptors (Lipinski definition) is 5. The van der Waals surface area contributed by atoms with Crippen molar-refractivity contribution < 1.29 is 9.72 Å². The Morgan fingerprint density at radius 1 is 1.38 bits per heavy atom. The van der Waals surface area contributed by atoms with Crippen LogP contribution in [-0.2, 0) is 11.8 Å². The first-order valence-electron chi connectivity index (χ1n) is 7.56. The van der Waals surface area contributed by atoms with Crippen molar-refractivity contribution in [1.29, 1.82) is 0 Å². The van der Waals surface area contributed by atoms with E-state index in [9.17, 15) is 14.9 Å². The van der Waals surface area contributed by atoms with Crippen molar-refractivity contribution >= 4 is 17.4 Å². The van der Waals surface area contributed by atoms with Gasteiger partial charge in [-0.1, -0.05) is 12.1 Å². The first kappa shape index (κ1) is 17.6. The molecule has 0 unspecified atom stereocenters. The molecule has 8 nitrogen and oxygen atoms in total. The van der Waals surface area contributed by atoms with Gasteiger partial charge in [0.1, 0.15) is 5.82 Å². The minimum atomic E-state index is -0.400. The predicted octanol–water partition coefficient (Wildman–Crippen LogP) is 2.23. The Kier molecular flexibility index (Phi) is 5.30. The van der Waals surface area contributed by atoms with Crippen LogP contribution in [-0.4, -0.2) is 27.2 Å². The lowest BCUT2D eigenvalue weighted by Gasteiger charge is -2.14. The number of benzene rings is 1. The molecular weight excluding hydrogens is 310 g/mol. The second-order valence-corrected chi connectivity index (χ2v) is 5.75. The zero-order valence-corrected chi connectivity index (χ0v) is 14.2. The Morgan fingerprint density at radius 3 is 2.67 bits per heavy atom. The van der Waals surface area contributed by atoms with E-state index in [2.05, 4.69) is 15.7 Å². The van der Waals surface area contributed by atoms with Gasteiger partial charge in [-0.15, -0.1) is 0 Å². The number of aryl methyl sites for hydroxylation is 3. The third-order valence-electron chi connectivity index (χ3n) is 3.77. The summed E-state index contributed by atoms with van der Waals surface area (Å²) in [5.41, 5.74) is 2.27. The van der Waals surface area contributed by atoms with Gasteiger partial charge in [-0.3, -0.25) is 19.6 Å². The molecule has 8 heteroatoms. The smallest absolute Gasteiger partial charge is 0.272 e. The van der Waals surface area contributed by atoms with E-state index in [1.165, 1.54) is 6.07 Å². The molecule has 24 heavy (non-hydrogen) atoms. The molecule has 0 aliphatic heterocycles. The number of carbonyl (C=O) groups is 1. The quantitative estimate of drug-likeness (QED) is 0.624. The summed E-state index contributed by atoms with van der Waals surface area (Å²) in [5.74, 6) is 0.421. The maximum atomic E-state index is 12.0. The standard InChI is InChI=1S/C16H21N5O3/c1-10-5-6-13(8-14(10)21(23)24)12(3)17-9-16(22)18-15-7-11(2)19-20(15)4/h5-8,12,17H,9H2,1-4H3,(H,18,22)/t12-/m0/s1. The second-order valence-electron chi connectivity index (χ2n) is 5.75. The summed E-state index contributed by atoms with van der Waals surface area (Å²) in [5, 5.41) is 21.0. The molecule has 0 aliphatic carbocycles. The SMILES string of the molecule is Cc1cc(NC(=O)CN[C@@H](C)c2ccc(C)c([N+](=O)[O-])c2)n(C)n1. The maximum Gasteiger partial charge on any atom is 0.272 e. The molecule has 1 amide bonds. The van der Waals surface area contributed by atoms with E-state index < -0.39 is 4.92 Å². The molecule has 0 fully saturated rings. The van der Waals surface area contributed by atoms with E-state index in [1.807, 2.05) is 19.9 Å². The van der Waals surface area contributed by atoms with Crippen LogP contribution in [0.2, 0.25) is 0 Å². The van der Waals surface area contributed by atoms with E-state index in [4.69, 9.17) is 0 Å². The highest BCUT2D eigenvalue weighted by molar-refractivity contribution is 5.91. The molecule has 0 saturated carbocycles. The third-order valence-corrected chi connectivity index (χ3v) is 3.77. The van der Waals surface area contributed by atoms with Gasteiger partial charge in [0, 0.05) is 30.8 Å². The lowest BCUT2D eigenvalue weighted by molar-refractivity contribution is -0.385. The van der Waals surface area contributed by atoms with Crippen LogP contribution in [0.5, 0.6) is 0 Å². The largest absolute Gasteiger partial charge is 0.310 e. The summed E-state index contributed by atoms with van der Waals surface area (Å²) in [6.45, 7) is 5.49. The topological polar surface area (TPSA) is 102 Å². The number of carbonyl (C=O) groups excluding carboxylic acids is 1. The summed E-state index contributed by atoms with van der Waals surface area (Å²) in [7, 11) is 1.75. The molecule has 128 valence electrons. The summed E-state index contributed by atoms with van der Waals surface area (Å²) < 4.78 is 1.60. The molecule has 1 heterocycles. The average molecular weight is 331 g/mol. The number of nitro groups is 1. The van der Waals surface area contributed by atoms with Crippen molar-refractivity contribution in [3.8, 4) is 0 Å². The van der Waals surface area contributed by atoms with Crippen molar-refractivity contribution in [2.75, 3.05) is 11.9 Å². The van der Waals surface area contributed by atoms with E-state index >= 15 is 0 Å². The molecule has 0 aliphatic rings. The maximum absolute atomic E-state index is 12.0. The number of rotatable bonds is 6. The number of aromatic nitrogens is 2. The molecule has 0 saturated heterocycles. The van der Waals surface area contributed by atoms with Gasteiger partial charge in [-0.2, -0.15) is 5.10 Å². The number of nitro benzene ring substituents is 1. The van der Waals surface area contributed by atoms with Gasteiger partial charge in [0.15, 0.2) is 0 Å². The molecule has 0 bridgehead atoms. The first-order chi connectivity index (χ1) is 11.3. The number of hydrogen-bond donors (Lipinski definition) is 2. The number of nitrogens with one attached hydrogen (secondary N) is 2. The van der Waals surface area contributed by atoms with Gasteiger partial charge < -0.3 is 10.6 Å². The van der Waals surface area contributed by atoms with Crippen LogP contribution < -0.4 is 10.6 Å². The first-order valence-corrected chi connectivity index (χ1v) is 7.56. The average Bonchev–Trinajstić information content (AvgIpc) is 2.82. The summed E-state index contributed by atoms with van der Waals surface area (Å²) in [6, 6.07) is 6.66. The highest BCUT2D eigenvalue weighted by atomic mass is 16.6. The second kappa shape index (κ2) is 7.22. The molecule has 2 rings (SSSR count). The summed E-state index contributed by atoms with van der Waals surface area (Å²) in [6.07, 6.45) is 0. The van der Waals surface area contributed by atoms with Crippen LogP contribution >= 0.6 is 0 Å². The van der Waals surface area contributed by atoms with E-state index in [0.29, 0.717) is 11.4 Å². The van der Waals surface area contributed by atoms with Gasteiger partial charge >= 0.3 is 0 Å². The lowest BCUT2D eigenvalue weighted by atomic mass is 10.0.